The highest BCUT2D eigenvalue weighted by Crippen LogP contribution is 2.19. The molecule has 0 spiro atoms. The second-order valence-electron chi connectivity index (χ2n) is 5.10. The number of carboxylic acids is 1. The lowest BCUT2D eigenvalue weighted by Gasteiger charge is -2.09. The molecule has 2 aromatic carbocycles. The molecule has 1 aromatic heterocycles. The van der Waals surface area contributed by atoms with Crippen molar-refractivity contribution in [3.8, 4) is 0 Å². The van der Waals surface area contributed by atoms with Crippen molar-refractivity contribution in [1.82, 2.24) is 15.0 Å². The highest BCUT2D eigenvalue weighted by molar-refractivity contribution is 7.89. The van der Waals surface area contributed by atoms with E-state index in [4.69, 9.17) is 5.11 Å². The Kier molecular flexibility index (Phi) is 4.63. The number of sulfonamides is 1. The van der Waals surface area contributed by atoms with Crippen LogP contribution in [0.15, 0.2) is 52.0 Å². The van der Waals surface area contributed by atoms with Crippen molar-refractivity contribution in [2.24, 2.45) is 0 Å². The standard InChI is InChI=1S/C15H14N4O5S/c20-15(21)10-3-1-4-11(9-10)16-7-8-17-25(22,23)13-6-2-5-12-14(13)19-24-18-12/h1-6,9,16-17H,7-8H2,(H,20,21). The number of aromatic carboxylic acids is 1. The van der Waals surface area contributed by atoms with Gasteiger partial charge in [-0.05, 0) is 40.6 Å². The molecule has 0 saturated carbocycles. The lowest BCUT2D eigenvalue weighted by molar-refractivity contribution is 0.0697. The Balaban J connectivity index is 1.63. The highest BCUT2D eigenvalue weighted by atomic mass is 32.2. The molecule has 25 heavy (non-hydrogen) atoms. The highest BCUT2D eigenvalue weighted by Gasteiger charge is 2.19. The van der Waals surface area contributed by atoms with Crippen LogP contribution in [-0.2, 0) is 10.0 Å². The van der Waals surface area contributed by atoms with Crippen LogP contribution in [0.3, 0.4) is 0 Å². The summed E-state index contributed by atoms with van der Waals surface area (Å²) in [6.45, 7) is 0.372. The molecule has 0 amide bonds. The van der Waals surface area contributed by atoms with Crippen molar-refractivity contribution in [3.63, 3.8) is 0 Å². The first-order valence-electron chi connectivity index (χ1n) is 7.25. The maximum Gasteiger partial charge on any atom is 0.335 e. The number of nitrogens with one attached hydrogen (secondary N) is 2. The second-order valence-corrected chi connectivity index (χ2v) is 6.83. The van der Waals surface area contributed by atoms with Crippen LogP contribution in [0.5, 0.6) is 0 Å². The van der Waals surface area contributed by atoms with Crippen molar-refractivity contribution in [3.05, 3.63) is 48.0 Å². The molecule has 0 fully saturated rings. The van der Waals surface area contributed by atoms with Crippen LogP contribution >= 0.6 is 0 Å². The lowest BCUT2D eigenvalue weighted by Crippen LogP contribution is -2.29. The summed E-state index contributed by atoms with van der Waals surface area (Å²) in [5.41, 5.74) is 1.25. The van der Waals surface area contributed by atoms with Crippen LogP contribution in [0, 0.1) is 0 Å². The molecule has 0 saturated heterocycles. The van der Waals surface area contributed by atoms with Crippen molar-refractivity contribution in [1.29, 1.82) is 0 Å². The topological polar surface area (TPSA) is 134 Å². The fourth-order valence-corrected chi connectivity index (χ4v) is 3.41. The summed E-state index contributed by atoms with van der Waals surface area (Å²) in [6.07, 6.45) is 0. The number of rotatable bonds is 7. The number of anilines is 1. The van der Waals surface area contributed by atoms with Gasteiger partial charge >= 0.3 is 5.97 Å². The summed E-state index contributed by atoms with van der Waals surface area (Å²) in [6, 6.07) is 10.8. The summed E-state index contributed by atoms with van der Waals surface area (Å²) in [7, 11) is -3.78. The average molecular weight is 362 g/mol. The van der Waals surface area contributed by atoms with Crippen LogP contribution in [0.25, 0.3) is 11.0 Å². The molecule has 3 rings (SSSR count). The smallest absolute Gasteiger partial charge is 0.335 e. The fraction of sp³-hybridized carbons (Fsp3) is 0.133. The summed E-state index contributed by atoms with van der Waals surface area (Å²) in [5.74, 6) is -1.03. The summed E-state index contributed by atoms with van der Waals surface area (Å²) in [5, 5.41) is 19.1. The number of benzene rings is 2. The first-order valence-corrected chi connectivity index (χ1v) is 8.74. The van der Waals surface area contributed by atoms with Gasteiger partial charge in [-0.15, -0.1) is 0 Å². The van der Waals surface area contributed by atoms with Crippen molar-refractivity contribution in [2.45, 2.75) is 4.90 Å². The average Bonchev–Trinajstić information content (AvgIpc) is 3.07. The van der Waals surface area contributed by atoms with Gasteiger partial charge in [0, 0.05) is 18.8 Å². The van der Waals surface area contributed by atoms with E-state index < -0.39 is 16.0 Å². The van der Waals surface area contributed by atoms with Crippen LogP contribution in [0.2, 0.25) is 0 Å². The molecule has 3 N–H and O–H groups in total. The quantitative estimate of drug-likeness (QED) is 0.536. The fourth-order valence-electron chi connectivity index (χ4n) is 2.23. The Morgan fingerprint density at radius 2 is 1.92 bits per heavy atom. The van der Waals surface area contributed by atoms with Crippen LogP contribution in [0.1, 0.15) is 10.4 Å². The minimum Gasteiger partial charge on any atom is -0.478 e. The van der Waals surface area contributed by atoms with Gasteiger partial charge in [0.25, 0.3) is 0 Å². The van der Waals surface area contributed by atoms with Gasteiger partial charge in [0.05, 0.1) is 5.56 Å². The van der Waals surface area contributed by atoms with Gasteiger partial charge in [-0.1, -0.05) is 12.1 Å². The first-order chi connectivity index (χ1) is 12.0. The molecule has 0 atom stereocenters. The van der Waals surface area contributed by atoms with Crippen LogP contribution in [-0.4, -0.2) is 42.9 Å². The molecule has 9 nitrogen and oxygen atoms in total. The van der Waals surface area contributed by atoms with Crippen LogP contribution < -0.4 is 10.0 Å². The molecule has 1 heterocycles. The largest absolute Gasteiger partial charge is 0.478 e. The molecule has 0 aliphatic rings. The third-order valence-corrected chi connectivity index (χ3v) is 4.89. The summed E-state index contributed by atoms with van der Waals surface area (Å²) < 4.78 is 31.8. The lowest BCUT2D eigenvalue weighted by atomic mass is 10.2. The number of carbonyl (C=O) groups is 1. The molecule has 0 aliphatic heterocycles. The van der Waals surface area contributed by atoms with Gasteiger partial charge in [-0.2, -0.15) is 0 Å². The van der Waals surface area contributed by atoms with Gasteiger partial charge < -0.3 is 10.4 Å². The number of hydrogen-bond donors (Lipinski definition) is 3. The second kappa shape index (κ2) is 6.87. The Labute approximate surface area is 142 Å². The van der Waals surface area contributed by atoms with Gasteiger partial charge in [0.2, 0.25) is 10.0 Å². The zero-order valence-corrected chi connectivity index (χ0v) is 13.7. The van der Waals surface area contributed by atoms with E-state index in [1.165, 1.54) is 18.2 Å². The van der Waals surface area contributed by atoms with Gasteiger partial charge in [0.15, 0.2) is 5.52 Å². The van der Waals surface area contributed by atoms with Crippen LogP contribution in [0.4, 0.5) is 5.69 Å². The number of aromatic nitrogens is 2. The normalized spacial score (nSPS) is 11.5. The van der Waals surface area contributed by atoms with Gasteiger partial charge in [0.1, 0.15) is 10.4 Å². The van der Waals surface area contributed by atoms with E-state index in [1.54, 1.807) is 24.3 Å². The van der Waals surface area contributed by atoms with E-state index in [1.807, 2.05) is 0 Å². The molecule has 0 unspecified atom stereocenters. The molecular weight excluding hydrogens is 348 g/mol. The molecule has 10 heteroatoms. The van der Waals surface area contributed by atoms with E-state index >= 15 is 0 Å². The Morgan fingerprint density at radius 1 is 1.12 bits per heavy atom. The maximum absolute atomic E-state index is 12.4. The molecule has 3 aromatic rings. The number of fused-ring (bicyclic) bond motifs is 1. The Bertz CT molecular complexity index is 1020. The van der Waals surface area contributed by atoms with Crippen molar-refractivity contribution < 1.29 is 22.9 Å². The molecular formula is C15H14N4O5S. The van der Waals surface area contributed by atoms with E-state index in [2.05, 4.69) is 25.0 Å². The van der Waals surface area contributed by atoms with Gasteiger partial charge in [-0.25, -0.2) is 22.6 Å². The first kappa shape index (κ1) is 16.9. The molecule has 0 aliphatic carbocycles. The third kappa shape index (κ3) is 3.75. The third-order valence-electron chi connectivity index (χ3n) is 3.39. The molecule has 0 bridgehead atoms. The maximum atomic E-state index is 12.4. The predicted molar refractivity (Wildman–Crippen MR) is 88.9 cm³/mol. The number of carboxylic acid groups (broad SMARTS) is 1. The van der Waals surface area contributed by atoms with E-state index in [-0.39, 0.29) is 29.1 Å². The SMILES string of the molecule is O=C(O)c1cccc(NCCNS(=O)(=O)c2cccc3nonc23)c1. The van der Waals surface area contributed by atoms with Crippen molar-refractivity contribution in [2.75, 3.05) is 18.4 Å². The number of nitrogens with zero attached hydrogens (tertiary/aromatic N) is 2. The number of hydrogen-bond acceptors (Lipinski definition) is 7. The van der Waals surface area contributed by atoms with Crippen molar-refractivity contribution >= 4 is 32.7 Å². The minimum absolute atomic E-state index is 0.0147. The zero-order valence-electron chi connectivity index (χ0n) is 12.8. The summed E-state index contributed by atoms with van der Waals surface area (Å²) in [4.78, 5) is 10.9. The monoisotopic (exact) mass is 362 g/mol. The van der Waals surface area contributed by atoms with E-state index in [9.17, 15) is 13.2 Å². The molecule has 130 valence electrons. The Hall–Kier alpha value is -2.98. The minimum atomic E-state index is -3.78. The summed E-state index contributed by atoms with van der Waals surface area (Å²) >= 11 is 0. The van der Waals surface area contributed by atoms with Gasteiger partial charge in [-0.3, -0.25) is 0 Å². The van der Waals surface area contributed by atoms with E-state index in [0.29, 0.717) is 11.2 Å². The van der Waals surface area contributed by atoms with E-state index in [0.717, 1.165) is 0 Å². The Morgan fingerprint density at radius 3 is 2.72 bits per heavy atom. The molecule has 0 radical (unpaired) electrons. The zero-order chi connectivity index (χ0) is 17.9. The predicted octanol–water partition coefficient (Wildman–Crippen LogP) is 1.31.